The van der Waals surface area contributed by atoms with Crippen LogP contribution in [-0.4, -0.2) is 17.6 Å². The highest BCUT2D eigenvalue weighted by Crippen LogP contribution is 2.16. The van der Waals surface area contributed by atoms with E-state index >= 15 is 0 Å². The summed E-state index contributed by atoms with van der Waals surface area (Å²) in [4.78, 5) is 22.2. The molecule has 0 heterocycles. The molecule has 0 aliphatic rings. The number of halogens is 1. The lowest BCUT2D eigenvalue weighted by Gasteiger charge is -2.12. The van der Waals surface area contributed by atoms with Crippen molar-refractivity contribution in [1.29, 1.82) is 0 Å². The zero-order valence-electron chi connectivity index (χ0n) is 8.98. The normalized spacial score (nSPS) is 11.9. The van der Waals surface area contributed by atoms with E-state index in [1.807, 2.05) is 30.3 Å². The van der Waals surface area contributed by atoms with E-state index in [0.29, 0.717) is 0 Å². The van der Waals surface area contributed by atoms with Crippen LogP contribution in [0.4, 0.5) is 0 Å². The predicted molar refractivity (Wildman–Crippen MR) is 61.3 cm³/mol. The number of esters is 1. The first-order valence-electron chi connectivity index (χ1n) is 4.95. The van der Waals surface area contributed by atoms with Crippen molar-refractivity contribution in [1.82, 2.24) is 0 Å². The van der Waals surface area contributed by atoms with Gasteiger partial charge < -0.3 is 4.74 Å². The molecule has 3 nitrogen and oxygen atoms in total. The second-order valence-electron chi connectivity index (χ2n) is 3.39. The first kappa shape index (κ1) is 12.7. The highest BCUT2D eigenvalue weighted by atomic mass is 35.5. The number of rotatable bonds is 5. The summed E-state index contributed by atoms with van der Waals surface area (Å²) in [6, 6.07) is 9.34. The molecule has 1 rings (SSSR count). The molecule has 0 aliphatic heterocycles. The van der Waals surface area contributed by atoms with E-state index in [4.69, 9.17) is 16.3 Å². The minimum Gasteiger partial charge on any atom is -0.457 e. The predicted octanol–water partition coefficient (Wildman–Crippen LogP) is 2.49. The fourth-order valence-corrected chi connectivity index (χ4v) is 1.33. The topological polar surface area (TPSA) is 43.4 Å². The highest BCUT2D eigenvalue weighted by molar-refractivity contribution is 6.28. The van der Waals surface area contributed by atoms with Crippen molar-refractivity contribution < 1.29 is 14.3 Å². The molecule has 0 N–H and O–H groups in total. The van der Waals surface area contributed by atoms with Crippen LogP contribution in [0.2, 0.25) is 0 Å². The summed E-state index contributed by atoms with van der Waals surface area (Å²) in [6.45, 7) is 1.76. The molecule has 86 valence electrons. The number of hydrogen-bond acceptors (Lipinski definition) is 3. The zero-order chi connectivity index (χ0) is 12.0. The zero-order valence-corrected chi connectivity index (χ0v) is 9.74. The summed E-state index contributed by atoms with van der Waals surface area (Å²) in [6.07, 6.45) is -0.613. The molecule has 4 heteroatoms. The van der Waals surface area contributed by atoms with E-state index < -0.39 is 5.97 Å². The Morgan fingerprint density at radius 2 is 1.94 bits per heavy atom. The second-order valence-corrected chi connectivity index (χ2v) is 3.66. The minimum absolute atomic E-state index is 0.158. The largest absolute Gasteiger partial charge is 0.457 e. The van der Waals surface area contributed by atoms with Crippen molar-refractivity contribution in [3.05, 3.63) is 35.9 Å². The number of ether oxygens (including phenoxy) is 1. The summed E-state index contributed by atoms with van der Waals surface area (Å²) in [7, 11) is 0. The number of Topliss-reactive ketones (excluding diaryl/α,β-unsaturated/α-hetero) is 1. The Morgan fingerprint density at radius 3 is 2.50 bits per heavy atom. The van der Waals surface area contributed by atoms with Crippen molar-refractivity contribution in [3.63, 3.8) is 0 Å². The molecule has 0 bridgehead atoms. The maximum absolute atomic E-state index is 11.3. The third-order valence-corrected chi connectivity index (χ3v) is 2.37. The number of ketones is 1. The van der Waals surface area contributed by atoms with Crippen LogP contribution >= 0.6 is 11.6 Å². The molecule has 0 radical (unpaired) electrons. The standard InChI is InChI=1S/C12H13ClO3/c1-9(10-5-3-2-4-6-10)16-12(15)7-11(14)8-13/h2-6,9H,7-8H2,1H3. The Hall–Kier alpha value is -1.35. The van der Waals surface area contributed by atoms with Gasteiger partial charge in [-0.2, -0.15) is 0 Å². The van der Waals surface area contributed by atoms with Crippen molar-refractivity contribution in [2.75, 3.05) is 5.88 Å². The van der Waals surface area contributed by atoms with E-state index in [-0.39, 0.29) is 24.2 Å². The Balaban J connectivity index is 2.49. The van der Waals surface area contributed by atoms with Crippen LogP contribution in [0.3, 0.4) is 0 Å². The SMILES string of the molecule is CC(OC(=O)CC(=O)CCl)c1ccccc1. The van der Waals surface area contributed by atoms with E-state index in [9.17, 15) is 9.59 Å². The molecule has 1 atom stereocenters. The molecular weight excluding hydrogens is 228 g/mol. The molecular formula is C12H13ClO3. The summed E-state index contributed by atoms with van der Waals surface area (Å²) in [5, 5.41) is 0. The van der Waals surface area contributed by atoms with Crippen LogP contribution in [0.5, 0.6) is 0 Å². The Labute approximate surface area is 99.4 Å². The van der Waals surface area contributed by atoms with Crippen LogP contribution in [-0.2, 0) is 14.3 Å². The van der Waals surface area contributed by atoms with Crippen LogP contribution in [0.15, 0.2) is 30.3 Å². The molecule has 16 heavy (non-hydrogen) atoms. The van der Waals surface area contributed by atoms with Gasteiger partial charge in [-0.15, -0.1) is 11.6 Å². The van der Waals surface area contributed by atoms with Crippen LogP contribution < -0.4 is 0 Å². The molecule has 1 aromatic rings. The Morgan fingerprint density at radius 1 is 1.31 bits per heavy atom. The molecule has 0 saturated heterocycles. The lowest BCUT2D eigenvalue weighted by Crippen LogP contribution is -2.14. The van der Waals surface area contributed by atoms with E-state index in [0.717, 1.165) is 5.56 Å². The van der Waals surface area contributed by atoms with Gasteiger partial charge in [0.15, 0.2) is 5.78 Å². The summed E-state index contributed by atoms with van der Waals surface area (Å²) in [5.74, 6) is -1.02. The van der Waals surface area contributed by atoms with Crippen molar-refractivity contribution in [2.45, 2.75) is 19.4 Å². The van der Waals surface area contributed by atoms with Gasteiger partial charge in [-0.25, -0.2) is 0 Å². The summed E-state index contributed by atoms with van der Waals surface area (Å²) in [5.41, 5.74) is 0.897. The fraction of sp³-hybridized carbons (Fsp3) is 0.333. The third-order valence-electron chi connectivity index (χ3n) is 2.07. The van der Waals surface area contributed by atoms with Gasteiger partial charge in [-0.3, -0.25) is 9.59 Å². The monoisotopic (exact) mass is 240 g/mol. The van der Waals surface area contributed by atoms with Gasteiger partial charge in [0.25, 0.3) is 0 Å². The summed E-state index contributed by atoms with van der Waals surface area (Å²) < 4.78 is 5.09. The molecule has 0 aliphatic carbocycles. The maximum Gasteiger partial charge on any atom is 0.313 e. The van der Waals surface area contributed by atoms with Crippen molar-refractivity contribution >= 4 is 23.4 Å². The fourth-order valence-electron chi connectivity index (χ4n) is 1.24. The molecule has 0 fully saturated rings. The van der Waals surface area contributed by atoms with E-state index in [1.54, 1.807) is 6.92 Å². The van der Waals surface area contributed by atoms with Crippen LogP contribution in [0.25, 0.3) is 0 Å². The number of carbonyl (C=O) groups is 2. The average molecular weight is 241 g/mol. The molecule has 0 amide bonds. The van der Waals surface area contributed by atoms with Gasteiger partial charge in [-0.05, 0) is 12.5 Å². The molecule has 0 spiro atoms. The van der Waals surface area contributed by atoms with Gasteiger partial charge in [0, 0.05) is 0 Å². The lowest BCUT2D eigenvalue weighted by atomic mass is 10.1. The van der Waals surface area contributed by atoms with E-state index in [2.05, 4.69) is 0 Å². The number of hydrogen-bond donors (Lipinski definition) is 0. The Kier molecular flexibility index (Phi) is 4.99. The average Bonchev–Trinajstić information content (AvgIpc) is 2.29. The molecule has 1 unspecified atom stereocenters. The minimum atomic E-state index is -0.540. The third kappa shape index (κ3) is 4.03. The summed E-state index contributed by atoms with van der Waals surface area (Å²) >= 11 is 5.29. The first-order chi connectivity index (χ1) is 7.63. The second kappa shape index (κ2) is 6.28. The van der Waals surface area contributed by atoms with Gasteiger partial charge in [-0.1, -0.05) is 30.3 Å². The van der Waals surface area contributed by atoms with Gasteiger partial charge >= 0.3 is 5.97 Å². The Bertz CT molecular complexity index is 362. The van der Waals surface area contributed by atoms with E-state index in [1.165, 1.54) is 0 Å². The van der Waals surface area contributed by atoms with Gasteiger partial charge in [0.2, 0.25) is 0 Å². The maximum atomic E-state index is 11.3. The molecule has 0 saturated carbocycles. The van der Waals surface area contributed by atoms with Crippen LogP contribution in [0.1, 0.15) is 25.0 Å². The van der Waals surface area contributed by atoms with Crippen molar-refractivity contribution in [2.24, 2.45) is 0 Å². The smallest absolute Gasteiger partial charge is 0.313 e. The van der Waals surface area contributed by atoms with Gasteiger partial charge in [0.1, 0.15) is 12.5 Å². The van der Waals surface area contributed by atoms with Crippen LogP contribution in [0, 0.1) is 0 Å². The van der Waals surface area contributed by atoms with Gasteiger partial charge in [0.05, 0.1) is 5.88 Å². The number of carbonyl (C=O) groups excluding carboxylic acids is 2. The number of alkyl halides is 1. The number of benzene rings is 1. The van der Waals surface area contributed by atoms with Crippen molar-refractivity contribution in [3.8, 4) is 0 Å². The lowest BCUT2D eigenvalue weighted by molar-refractivity contribution is -0.150. The highest BCUT2D eigenvalue weighted by Gasteiger charge is 2.14. The first-order valence-corrected chi connectivity index (χ1v) is 5.49. The quantitative estimate of drug-likeness (QED) is 0.451. The molecule has 1 aromatic carbocycles. The molecule has 0 aromatic heterocycles.